The number of ether oxygens (including phenoxy) is 1. The van der Waals surface area contributed by atoms with Crippen LogP contribution in [-0.4, -0.2) is 33.0 Å². The number of phenolic OH excluding ortho intramolecular Hbond substituents is 1. The maximum Gasteiger partial charge on any atom is 0.573 e. The van der Waals surface area contributed by atoms with Crippen molar-refractivity contribution in [2.75, 3.05) is 0 Å². The molecular formula is C17H11ClF3NO5S. The lowest BCUT2D eigenvalue weighted by atomic mass is 10.1. The summed E-state index contributed by atoms with van der Waals surface area (Å²) < 4.78 is 42.0. The molecule has 0 aliphatic heterocycles. The van der Waals surface area contributed by atoms with E-state index < -0.39 is 29.7 Å². The van der Waals surface area contributed by atoms with Crippen LogP contribution in [-0.2, 0) is 11.2 Å². The monoisotopic (exact) mass is 433 g/mol. The number of carboxylic acid groups (broad SMARTS) is 1. The lowest BCUT2D eigenvalue weighted by Crippen LogP contribution is -2.16. The van der Waals surface area contributed by atoms with Crippen LogP contribution in [0.4, 0.5) is 13.2 Å². The molecule has 0 unspecified atom stereocenters. The van der Waals surface area contributed by atoms with E-state index in [0.717, 1.165) is 10.6 Å². The number of aliphatic carboxylic acids is 1. The minimum atomic E-state index is -4.89. The molecule has 6 nitrogen and oxygen atoms in total. The van der Waals surface area contributed by atoms with Gasteiger partial charge in [-0.1, -0.05) is 22.9 Å². The fraction of sp³-hybridized carbons (Fsp3) is 0.176. The fourth-order valence-corrected chi connectivity index (χ4v) is 3.95. The van der Waals surface area contributed by atoms with Gasteiger partial charge in [-0.3, -0.25) is 14.2 Å². The summed E-state index contributed by atoms with van der Waals surface area (Å²) in [5.41, 5.74) is 0.704. The maximum absolute atomic E-state index is 12.9. The molecule has 11 heteroatoms. The van der Waals surface area contributed by atoms with Gasteiger partial charge in [-0.25, -0.2) is 0 Å². The number of aromatic nitrogens is 1. The number of alkyl halides is 3. The van der Waals surface area contributed by atoms with Crippen LogP contribution in [0.1, 0.15) is 20.9 Å². The summed E-state index contributed by atoms with van der Waals surface area (Å²) in [6.07, 6.45) is -5.35. The molecule has 0 saturated carbocycles. The van der Waals surface area contributed by atoms with E-state index in [1.807, 2.05) is 0 Å². The van der Waals surface area contributed by atoms with Crippen LogP contribution < -0.4 is 4.74 Å². The highest BCUT2D eigenvalue weighted by molar-refractivity contribution is 7.15. The first-order valence-electron chi connectivity index (χ1n) is 7.63. The van der Waals surface area contributed by atoms with Crippen molar-refractivity contribution in [2.45, 2.75) is 19.7 Å². The molecule has 3 rings (SSSR count). The molecular weight excluding hydrogens is 423 g/mol. The molecule has 0 fully saturated rings. The predicted octanol–water partition coefficient (Wildman–Crippen LogP) is 4.58. The Morgan fingerprint density at radius 3 is 2.54 bits per heavy atom. The van der Waals surface area contributed by atoms with Gasteiger partial charge in [0.2, 0.25) is 0 Å². The van der Waals surface area contributed by atoms with Gasteiger partial charge in [0.15, 0.2) is 5.06 Å². The van der Waals surface area contributed by atoms with Crippen molar-refractivity contribution in [3.05, 3.63) is 45.4 Å². The summed E-state index contributed by atoms with van der Waals surface area (Å²) >= 11 is 6.62. The van der Waals surface area contributed by atoms with Gasteiger partial charge in [0.25, 0.3) is 5.91 Å². The van der Waals surface area contributed by atoms with Crippen LogP contribution in [0.3, 0.4) is 0 Å². The summed E-state index contributed by atoms with van der Waals surface area (Å²) in [6.45, 7) is 1.49. The molecule has 148 valence electrons. The topological polar surface area (TPSA) is 88.8 Å². The van der Waals surface area contributed by atoms with Crippen molar-refractivity contribution >= 4 is 45.7 Å². The summed E-state index contributed by atoms with van der Waals surface area (Å²) in [6, 6.07) is 4.82. The number of hydrogen-bond donors (Lipinski definition) is 2. The molecule has 0 aliphatic rings. The number of nitrogens with zero attached hydrogens (tertiary/aromatic N) is 1. The average Bonchev–Trinajstić information content (AvgIpc) is 3.12. The summed E-state index contributed by atoms with van der Waals surface area (Å²) in [5, 5.41) is 18.6. The van der Waals surface area contributed by atoms with Gasteiger partial charge in [-0.2, -0.15) is 0 Å². The second-order valence-electron chi connectivity index (χ2n) is 5.73. The Labute approximate surface area is 164 Å². The van der Waals surface area contributed by atoms with Crippen LogP contribution in [0.25, 0.3) is 10.9 Å². The van der Waals surface area contributed by atoms with Crippen molar-refractivity contribution in [3.63, 3.8) is 0 Å². The molecule has 0 spiro atoms. The van der Waals surface area contributed by atoms with Gasteiger partial charge >= 0.3 is 12.3 Å². The highest BCUT2D eigenvalue weighted by Gasteiger charge is 2.32. The molecule has 0 bridgehead atoms. The zero-order chi connectivity index (χ0) is 20.8. The first kappa shape index (κ1) is 20.0. The summed E-state index contributed by atoms with van der Waals surface area (Å²) in [5.74, 6) is -2.14. The predicted molar refractivity (Wildman–Crippen MR) is 95.4 cm³/mol. The molecule has 0 amide bonds. The zero-order valence-electron chi connectivity index (χ0n) is 14.0. The van der Waals surface area contributed by atoms with E-state index in [0.29, 0.717) is 11.3 Å². The molecule has 0 saturated heterocycles. The SMILES string of the molecule is Cc1c(CC(=O)O)c2c(Cl)c(O)ccc2n1C(=O)c1ccc(OC(F)(F)F)s1. The second kappa shape index (κ2) is 7.02. The Hall–Kier alpha value is -2.72. The standard InChI is InChI=1S/C17H11ClF3NO5S/c1-7-8(6-12(24)25)14-9(2-3-10(23)15(14)18)22(7)16(26)11-4-5-13(28-11)27-17(19,20)21/h2-5,23H,6H2,1H3,(H,24,25). The van der Waals surface area contributed by atoms with Crippen LogP contribution in [0.15, 0.2) is 24.3 Å². The number of halogens is 4. The lowest BCUT2D eigenvalue weighted by Gasteiger charge is -2.07. The number of thiophene rings is 1. The Kier molecular flexibility index (Phi) is 5.02. The van der Waals surface area contributed by atoms with E-state index in [1.165, 1.54) is 25.1 Å². The van der Waals surface area contributed by atoms with Crippen molar-refractivity contribution in [3.8, 4) is 10.8 Å². The van der Waals surface area contributed by atoms with Gasteiger partial charge in [0.05, 0.1) is 21.8 Å². The van der Waals surface area contributed by atoms with Crippen molar-refractivity contribution in [1.29, 1.82) is 0 Å². The number of carbonyl (C=O) groups is 2. The third kappa shape index (κ3) is 3.65. The number of hydrogen-bond acceptors (Lipinski definition) is 5. The van der Waals surface area contributed by atoms with E-state index in [4.69, 9.17) is 16.7 Å². The van der Waals surface area contributed by atoms with E-state index in [9.17, 15) is 27.9 Å². The van der Waals surface area contributed by atoms with Crippen LogP contribution >= 0.6 is 22.9 Å². The number of carbonyl (C=O) groups excluding carboxylic acids is 1. The molecule has 1 aromatic carbocycles. The van der Waals surface area contributed by atoms with E-state index in [-0.39, 0.29) is 37.8 Å². The fourth-order valence-electron chi connectivity index (χ4n) is 2.87. The third-order valence-electron chi connectivity index (χ3n) is 3.95. The van der Waals surface area contributed by atoms with Gasteiger partial charge < -0.3 is 14.9 Å². The van der Waals surface area contributed by atoms with Crippen molar-refractivity contribution in [2.24, 2.45) is 0 Å². The molecule has 3 aromatic rings. The third-order valence-corrected chi connectivity index (χ3v) is 5.29. The molecule has 28 heavy (non-hydrogen) atoms. The highest BCUT2D eigenvalue weighted by atomic mass is 35.5. The summed E-state index contributed by atoms with van der Waals surface area (Å²) in [4.78, 5) is 24.1. The van der Waals surface area contributed by atoms with Gasteiger partial charge in [-0.15, -0.1) is 13.2 Å². The molecule has 0 radical (unpaired) electrons. The lowest BCUT2D eigenvalue weighted by molar-refractivity contribution is -0.273. The number of phenols is 1. The largest absolute Gasteiger partial charge is 0.573 e. The van der Waals surface area contributed by atoms with Crippen LogP contribution in [0.5, 0.6) is 10.8 Å². The highest BCUT2D eigenvalue weighted by Crippen LogP contribution is 2.39. The number of rotatable bonds is 4. The maximum atomic E-state index is 12.9. The first-order chi connectivity index (χ1) is 13.0. The van der Waals surface area contributed by atoms with Crippen LogP contribution in [0.2, 0.25) is 5.02 Å². The number of fused-ring (bicyclic) bond motifs is 1. The average molecular weight is 434 g/mol. The smallest absolute Gasteiger partial charge is 0.506 e. The van der Waals surface area contributed by atoms with Gasteiger partial charge in [-0.05, 0) is 36.8 Å². The van der Waals surface area contributed by atoms with E-state index in [1.54, 1.807) is 0 Å². The quantitative estimate of drug-likeness (QED) is 0.628. The first-order valence-corrected chi connectivity index (χ1v) is 8.82. The molecule has 2 heterocycles. The number of aromatic hydroxyl groups is 1. The van der Waals surface area contributed by atoms with Gasteiger partial charge in [0, 0.05) is 11.1 Å². The zero-order valence-corrected chi connectivity index (χ0v) is 15.6. The molecule has 0 aliphatic carbocycles. The molecule has 2 N–H and O–H groups in total. The minimum Gasteiger partial charge on any atom is -0.506 e. The van der Waals surface area contributed by atoms with E-state index in [2.05, 4.69) is 4.74 Å². The van der Waals surface area contributed by atoms with E-state index >= 15 is 0 Å². The molecule has 0 atom stereocenters. The Morgan fingerprint density at radius 2 is 1.93 bits per heavy atom. The van der Waals surface area contributed by atoms with Crippen LogP contribution in [0, 0.1) is 6.92 Å². The summed E-state index contributed by atoms with van der Waals surface area (Å²) in [7, 11) is 0. The molecule has 2 aromatic heterocycles. The Balaban J connectivity index is 2.15. The van der Waals surface area contributed by atoms with Crippen molar-refractivity contribution in [1.82, 2.24) is 4.57 Å². The number of benzene rings is 1. The van der Waals surface area contributed by atoms with Gasteiger partial charge in [0.1, 0.15) is 5.75 Å². The van der Waals surface area contributed by atoms with Crippen molar-refractivity contribution < 1.29 is 37.7 Å². The Morgan fingerprint density at radius 1 is 1.25 bits per heavy atom. The number of carboxylic acids is 1. The normalized spacial score (nSPS) is 11.8. The Bertz CT molecular complexity index is 1100. The minimum absolute atomic E-state index is 0.0506. The second-order valence-corrected chi connectivity index (χ2v) is 7.16.